The monoisotopic (exact) mass is 496 g/mol. The Kier molecular flexibility index (Phi) is 6.47. The number of carboxylic acids is 1. The normalized spacial score (nSPS) is 11.1. The molecule has 0 aliphatic heterocycles. The maximum absolute atomic E-state index is 11.4. The number of carboxylic acid groups (broad SMARTS) is 2. The van der Waals surface area contributed by atoms with E-state index in [9.17, 15) is 19.8 Å². The van der Waals surface area contributed by atoms with Crippen LogP contribution < -0.4 is 9.47 Å². The number of ether oxygens (including phenoxy) is 2. The van der Waals surface area contributed by atoms with Crippen LogP contribution in [0.3, 0.4) is 0 Å². The number of H-pyrrole nitrogens is 1. The molecule has 8 nitrogen and oxygen atoms in total. The standard InChI is InChI=1S/C29H24N2O6/c1-17-16-19(28(32)33)12-13-20(17)21-8-3-9-22-23(27(31-26(21)22)37-29(34)35)10-5-15-36-24-11-2-6-18-7-4-14-30-25(18)24/h2-4,6-9,11-14,16,31H,5,10,15H2,1H3,(H,32,33)(H,34,35). The number of aryl methyl sites for hydroxylation is 2. The van der Waals surface area contributed by atoms with Crippen molar-refractivity contribution in [2.75, 3.05) is 6.61 Å². The lowest BCUT2D eigenvalue weighted by molar-refractivity contribution is 0.0696. The minimum atomic E-state index is -1.41. The minimum Gasteiger partial charge on any atom is -0.491 e. The topological polar surface area (TPSA) is 122 Å². The summed E-state index contributed by atoms with van der Waals surface area (Å²) in [4.78, 5) is 30.3. The van der Waals surface area contributed by atoms with Crippen LogP contribution in [-0.4, -0.2) is 38.9 Å². The van der Waals surface area contributed by atoms with E-state index >= 15 is 0 Å². The van der Waals surface area contributed by atoms with Crippen LogP contribution in [-0.2, 0) is 6.42 Å². The van der Waals surface area contributed by atoms with Crippen molar-refractivity contribution >= 4 is 33.9 Å². The number of carbonyl (C=O) groups is 2. The molecule has 3 aromatic carbocycles. The van der Waals surface area contributed by atoms with Gasteiger partial charge in [-0.2, -0.15) is 0 Å². The van der Waals surface area contributed by atoms with Crippen molar-refractivity contribution in [2.45, 2.75) is 19.8 Å². The molecule has 0 aliphatic carbocycles. The van der Waals surface area contributed by atoms with Gasteiger partial charge in [0.15, 0.2) is 0 Å². The van der Waals surface area contributed by atoms with Gasteiger partial charge in [-0.3, -0.25) is 4.98 Å². The second-order valence-corrected chi connectivity index (χ2v) is 8.65. The predicted molar refractivity (Wildman–Crippen MR) is 140 cm³/mol. The smallest absolute Gasteiger partial charge is 0.491 e. The van der Waals surface area contributed by atoms with Gasteiger partial charge in [0.1, 0.15) is 11.3 Å². The highest BCUT2D eigenvalue weighted by molar-refractivity contribution is 5.99. The third-order valence-corrected chi connectivity index (χ3v) is 6.28. The summed E-state index contributed by atoms with van der Waals surface area (Å²) in [6.45, 7) is 2.25. The lowest BCUT2D eigenvalue weighted by Gasteiger charge is -2.10. The summed E-state index contributed by atoms with van der Waals surface area (Å²) in [5, 5.41) is 20.5. The molecule has 5 aromatic rings. The molecule has 0 unspecified atom stereocenters. The van der Waals surface area contributed by atoms with Crippen molar-refractivity contribution in [1.29, 1.82) is 0 Å². The van der Waals surface area contributed by atoms with E-state index in [1.54, 1.807) is 24.4 Å². The summed E-state index contributed by atoms with van der Waals surface area (Å²) in [5.74, 6) is -0.128. The number of rotatable bonds is 8. The van der Waals surface area contributed by atoms with Crippen molar-refractivity contribution in [3.05, 3.63) is 89.6 Å². The highest BCUT2D eigenvalue weighted by Gasteiger charge is 2.19. The van der Waals surface area contributed by atoms with Gasteiger partial charge >= 0.3 is 12.1 Å². The molecule has 0 atom stereocenters. The van der Waals surface area contributed by atoms with Crippen LogP contribution in [0.1, 0.15) is 27.9 Å². The van der Waals surface area contributed by atoms with Crippen molar-refractivity contribution in [3.8, 4) is 22.8 Å². The Balaban J connectivity index is 1.43. The van der Waals surface area contributed by atoms with Crippen LogP contribution in [0.15, 0.2) is 72.9 Å². The van der Waals surface area contributed by atoms with Crippen LogP contribution >= 0.6 is 0 Å². The third-order valence-electron chi connectivity index (χ3n) is 6.28. The Labute approximate surface area is 212 Å². The second-order valence-electron chi connectivity index (χ2n) is 8.65. The summed E-state index contributed by atoms with van der Waals surface area (Å²) >= 11 is 0. The van der Waals surface area contributed by atoms with E-state index in [0.29, 0.717) is 25.2 Å². The molecule has 0 bridgehead atoms. The molecule has 0 fully saturated rings. The summed E-state index contributed by atoms with van der Waals surface area (Å²) in [6, 6.07) is 20.3. The number of para-hydroxylation sites is 2. The Morgan fingerprint density at radius 3 is 2.57 bits per heavy atom. The summed E-state index contributed by atoms with van der Waals surface area (Å²) in [5.41, 5.74) is 4.92. The highest BCUT2D eigenvalue weighted by Crippen LogP contribution is 2.37. The first-order valence-electron chi connectivity index (χ1n) is 11.8. The first-order valence-corrected chi connectivity index (χ1v) is 11.8. The zero-order chi connectivity index (χ0) is 25.9. The maximum Gasteiger partial charge on any atom is 0.512 e. The third kappa shape index (κ3) is 4.81. The maximum atomic E-state index is 11.4. The molecular weight excluding hydrogens is 472 g/mol. The molecule has 0 saturated heterocycles. The first-order chi connectivity index (χ1) is 17.9. The number of hydrogen-bond acceptors (Lipinski definition) is 5. The second kappa shape index (κ2) is 10.0. The van der Waals surface area contributed by atoms with E-state index in [1.807, 2.05) is 55.5 Å². The Hall–Kier alpha value is -4.85. The summed E-state index contributed by atoms with van der Waals surface area (Å²) < 4.78 is 11.1. The Morgan fingerprint density at radius 2 is 1.78 bits per heavy atom. The van der Waals surface area contributed by atoms with Gasteiger partial charge in [0.25, 0.3) is 0 Å². The largest absolute Gasteiger partial charge is 0.512 e. The zero-order valence-electron chi connectivity index (χ0n) is 20.0. The Bertz CT molecular complexity index is 1630. The number of aromatic amines is 1. The molecule has 0 radical (unpaired) electrons. The molecule has 2 aromatic heterocycles. The van der Waals surface area contributed by atoms with Gasteiger partial charge in [0.05, 0.1) is 17.7 Å². The lowest BCUT2D eigenvalue weighted by atomic mass is 9.96. The molecule has 0 saturated carbocycles. The van der Waals surface area contributed by atoms with Gasteiger partial charge in [-0.15, -0.1) is 0 Å². The van der Waals surface area contributed by atoms with Crippen molar-refractivity contribution < 1.29 is 29.3 Å². The summed E-state index contributed by atoms with van der Waals surface area (Å²) in [7, 11) is 0. The first kappa shape index (κ1) is 23.9. The fraction of sp³-hybridized carbons (Fsp3) is 0.138. The molecule has 2 heterocycles. The molecule has 3 N–H and O–H groups in total. The molecule has 0 aliphatic rings. The quantitative estimate of drug-likeness (QED) is 0.166. The van der Waals surface area contributed by atoms with Gasteiger partial charge in [0.2, 0.25) is 5.88 Å². The van der Waals surface area contributed by atoms with Gasteiger partial charge in [-0.1, -0.05) is 42.5 Å². The SMILES string of the molecule is Cc1cc(C(=O)O)ccc1-c1cccc2c(CCCOc3cccc4cccnc34)c(OC(=O)O)[nH]c12. The van der Waals surface area contributed by atoms with Crippen LogP contribution in [0.25, 0.3) is 32.9 Å². The van der Waals surface area contributed by atoms with Crippen molar-refractivity contribution in [1.82, 2.24) is 9.97 Å². The fourth-order valence-corrected chi connectivity index (χ4v) is 4.62. The van der Waals surface area contributed by atoms with E-state index in [0.717, 1.165) is 44.1 Å². The summed E-state index contributed by atoms with van der Waals surface area (Å²) in [6.07, 6.45) is 1.45. The van der Waals surface area contributed by atoms with Crippen LogP contribution in [0.4, 0.5) is 4.79 Å². The number of pyridine rings is 1. The van der Waals surface area contributed by atoms with E-state index in [4.69, 9.17) is 9.47 Å². The van der Waals surface area contributed by atoms with E-state index in [-0.39, 0.29) is 11.4 Å². The van der Waals surface area contributed by atoms with Crippen molar-refractivity contribution in [2.24, 2.45) is 0 Å². The van der Waals surface area contributed by atoms with Crippen LogP contribution in [0.5, 0.6) is 11.6 Å². The van der Waals surface area contributed by atoms with E-state index < -0.39 is 12.1 Å². The average Bonchev–Trinajstić information content (AvgIpc) is 3.23. The molecule has 5 rings (SSSR count). The number of aromatic carboxylic acids is 1. The number of aromatic nitrogens is 2. The predicted octanol–water partition coefficient (Wildman–Crippen LogP) is 6.46. The molecular formula is C29H24N2O6. The molecule has 0 spiro atoms. The van der Waals surface area contributed by atoms with Crippen LogP contribution in [0, 0.1) is 6.92 Å². The lowest BCUT2D eigenvalue weighted by Crippen LogP contribution is -2.06. The van der Waals surface area contributed by atoms with E-state index in [1.165, 1.54) is 0 Å². The number of nitrogens with one attached hydrogen (secondary N) is 1. The van der Waals surface area contributed by atoms with E-state index in [2.05, 4.69) is 9.97 Å². The van der Waals surface area contributed by atoms with Gasteiger partial charge < -0.3 is 24.7 Å². The van der Waals surface area contributed by atoms with Gasteiger partial charge in [0, 0.05) is 28.1 Å². The minimum absolute atomic E-state index is 0.168. The van der Waals surface area contributed by atoms with Gasteiger partial charge in [-0.05, 0) is 55.2 Å². The van der Waals surface area contributed by atoms with Crippen molar-refractivity contribution in [3.63, 3.8) is 0 Å². The number of benzene rings is 3. The van der Waals surface area contributed by atoms with Crippen LogP contribution in [0.2, 0.25) is 0 Å². The molecule has 0 amide bonds. The molecule has 8 heteroatoms. The zero-order valence-corrected chi connectivity index (χ0v) is 20.0. The fourth-order valence-electron chi connectivity index (χ4n) is 4.62. The Morgan fingerprint density at radius 1 is 0.973 bits per heavy atom. The molecule has 37 heavy (non-hydrogen) atoms. The average molecular weight is 497 g/mol. The number of hydrogen-bond donors (Lipinski definition) is 3. The number of fused-ring (bicyclic) bond motifs is 2. The molecule has 186 valence electrons. The highest BCUT2D eigenvalue weighted by atomic mass is 16.7. The number of nitrogens with zero attached hydrogens (tertiary/aromatic N) is 1. The van der Waals surface area contributed by atoms with Gasteiger partial charge in [-0.25, -0.2) is 9.59 Å².